The number of thioether (sulfide) groups is 1. The van der Waals surface area contributed by atoms with Gasteiger partial charge in [0.05, 0.1) is 32.6 Å². The molecule has 35 heavy (non-hydrogen) atoms. The third-order valence-electron chi connectivity index (χ3n) is 5.86. The van der Waals surface area contributed by atoms with E-state index in [-0.39, 0.29) is 28.9 Å². The molecule has 1 N–H and O–H groups in total. The van der Waals surface area contributed by atoms with Crippen LogP contribution in [0.5, 0.6) is 11.5 Å². The number of amides is 1. The van der Waals surface area contributed by atoms with Crippen molar-refractivity contribution in [2.75, 3.05) is 31.9 Å². The maximum Gasteiger partial charge on any atom is 0.297 e. The first-order valence-electron chi connectivity index (χ1n) is 11.3. The van der Waals surface area contributed by atoms with Crippen molar-refractivity contribution >= 4 is 45.4 Å². The summed E-state index contributed by atoms with van der Waals surface area (Å²) in [5.74, 6) is 0.913. The summed E-state index contributed by atoms with van der Waals surface area (Å²) in [6, 6.07) is 12.6. The highest BCUT2D eigenvalue weighted by Gasteiger charge is 2.23. The molecule has 1 aliphatic rings. The van der Waals surface area contributed by atoms with Crippen molar-refractivity contribution in [1.29, 1.82) is 0 Å². The van der Waals surface area contributed by atoms with E-state index in [0.29, 0.717) is 46.6 Å². The third kappa shape index (κ3) is 4.71. The molecule has 4 aromatic rings. The Labute approximate surface area is 205 Å². The number of hydrogen-bond donors (Lipinski definition) is 1. The minimum Gasteiger partial charge on any atom is -0.493 e. The first-order chi connectivity index (χ1) is 17.1. The number of anilines is 1. The Morgan fingerprint density at radius 3 is 2.80 bits per heavy atom. The summed E-state index contributed by atoms with van der Waals surface area (Å²) in [6.45, 7) is 1.04. The van der Waals surface area contributed by atoms with Gasteiger partial charge in [0.1, 0.15) is 11.1 Å². The highest BCUT2D eigenvalue weighted by Crippen LogP contribution is 2.31. The van der Waals surface area contributed by atoms with Crippen LogP contribution in [0.2, 0.25) is 0 Å². The molecule has 9 nitrogen and oxygen atoms in total. The van der Waals surface area contributed by atoms with Gasteiger partial charge in [0.25, 0.3) is 5.56 Å². The van der Waals surface area contributed by atoms with E-state index in [1.807, 2.05) is 24.3 Å². The van der Waals surface area contributed by atoms with Gasteiger partial charge in [-0.2, -0.15) is 0 Å². The average molecular weight is 496 g/mol. The Kier molecular flexibility index (Phi) is 6.65. The second-order valence-electron chi connectivity index (χ2n) is 8.13. The lowest BCUT2D eigenvalue weighted by molar-refractivity contribution is -0.113. The molecule has 2 aromatic carbocycles. The zero-order valence-electron chi connectivity index (χ0n) is 19.4. The van der Waals surface area contributed by atoms with E-state index in [4.69, 9.17) is 23.6 Å². The maximum absolute atomic E-state index is 13.4. The van der Waals surface area contributed by atoms with Crippen LogP contribution in [0.1, 0.15) is 12.8 Å². The molecule has 5 rings (SSSR count). The predicted octanol–water partition coefficient (Wildman–Crippen LogP) is 4.07. The van der Waals surface area contributed by atoms with Gasteiger partial charge < -0.3 is 23.9 Å². The quantitative estimate of drug-likeness (QED) is 0.288. The molecule has 2 aromatic heterocycles. The van der Waals surface area contributed by atoms with Crippen molar-refractivity contribution in [2.45, 2.75) is 30.6 Å². The molecular formula is C25H25N3O6S. The van der Waals surface area contributed by atoms with E-state index in [1.165, 1.54) is 18.9 Å². The topological polar surface area (TPSA) is 105 Å². The molecule has 1 saturated heterocycles. The van der Waals surface area contributed by atoms with Gasteiger partial charge in [-0.1, -0.05) is 23.9 Å². The molecule has 1 fully saturated rings. The fraction of sp³-hybridized carbons (Fsp3) is 0.320. The van der Waals surface area contributed by atoms with E-state index in [2.05, 4.69) is 5.32 Å². The molecule has 0 saturated carbocycles. The molecule has 1 amide bonds. The van der Waals surface area contributed by atoms with Gasteiger partial charge in [-0.25, -0.2) is 4.98 Å². The fourth-order valence-electron chi connectivity index (χ4n) is 4.16. The number of aromatic nitrogens is 2. The van der Waals surface area contributed by atoms with Crippen molar-refractivity contribution in [3.63, 3.8) is 0 Å². The van der Waals surface area contributed by atoms with Gasteiger partial charge in [0.15, 0.2) is 16.7 Å². The Bertz CT molecular complexity index is 1440. The smallest absolute Gasteiger partial charge is 0.297 e. The molecular weight excluding hydrogens is 470 g/mol. The van der Waals surface area contributed by atoms with Gasteiger partial charge in [0.2, 0.25) is 11.5 Å². The number of hydrogen-bond acceptors (Lipinski definition) is 8. The van der Waals surface area contributed by atoms with Crippen molar-refractivity contribution in [1.82, 2.24) is 9.55 Å². The zero-order chi connectivity index (χ0) is 24.4. The standard InChI is InChI=1S/C25H25N3O6S/c1-31-19-10-9-15(12-20(19)32-2)26-21(29)14-35-25-27-22-17-7-3-4-8-18(17)34-23(22)24(30)28(25)13-16-6-5-11-33-16/h3-4,7-10,12,16H,5-6,11,13-14H2,1-2H3,(H,26,29). The number of nitrogens with one attached hydrogen (secondary N) is 1. The number of carbonyl (C=O) groups excluding carboxylic acids is 1. The van der Waals surface area contributed by atoms with Crippen LogP contribution in [0.4, 0.5) is 5.69 Å². The Morgan fingerprint density at radius 2 is 2.03 bits per heavy atom. The summed E-state index contributed by atoms with van der Waals surface area (Å²) in [5, 5.41) is 4.07. The summed E-state index contributed by atoms with van der Waals surface area (Å²) < 4.78 is 23.7. The zero-order valence-corrected chi connectivity index (χ0v) is 20.2. The minimum atomic E-state index is -0.274. The highest BCUT2D eigenvalue weighted by molar-refractivity contribution is 7.99. The lowest BCUT2D eigenvalue weighted by Gasteiger charge is -2.15. The van der Waals surface area contributed by atoms with E-state index in [1.54, 1.807) is 29.9 Å². The molecule has 3 heterocycles. The number of rotatable bonds is 8. The Morgan fingerprint density at radius 1 is 1.20 bits per heavy atom. The van der Waals surface area contributed by atoms with Gasteiger partial charge in [0, 0.05) is 23.7 Å². The minimum absolute atomic E-state index is 0.0631. The molecule has 0 spiro atoms. The molecule has 0 aliphatic carbocycles. The van der Waals surface area contributed by atoms with Gasteiger partial charge in [-0.05, 0) is 37.1 Å². The SMILES string of the molecule is COc1ccc(NC(=O)CSc2nc3c(oc4ccccc43)c(=O)n2CC2CCCO2)cc1OC. The Hall–Kier alpha value is -3.50. The number of carbonyl (C=O) groups is 1. The van der Waals surface area contributed by atoms with Crippen LogP contribution >= 0.6 is 11.8 Å². The molecule has 182 valence electrons. The van der Waals surface area contributed by atoms with Crippen molar-refractivity contribution in [2.24, 2.45) is 0 Å². The van der Waals surface area contributed by atoms with Crippen molar-refractivity contribution in [3.05, 3.63) is 52.8 Å². The summed E-state index contributed by atoms with van der Waals surface area (Å²) in [4.78, 5) is 30.9. The maximum atomic E-state index is 13.4. The first-order valence-corrected chi connectivity index (χ1v) is 12.2. The lowest BCUT2D eigenvalue weighted by atomic mass is 10.2. The van der Waals surface area contributed by atoms with Gasteiger partial charge in [-0.15, -0.1) is 0 Å². The van der Waals surface area contributed by atoms with E-state index in [0.717, 1.165) is 18.2 Å². The van der Waals surface area contributed by atoms with Crippen LogP contribution in [-0.2, 0) is 16.1 Å². The number of nitrogens with zero attached hydrogens (tertiary/aromatic N) is 2. The van der Waals surface area contributed by atoms with Crippen LogP contribution in [0.25, 0.3) is 22.1 Å². The van der Waals surface area contributed by atoms with E-state index in [9.17, 15) is 9.59 Å². The van der Waals surface area contributed by atoms with Gasteiger partial charge in [-0.3, -0.25) is 14.2 Å². The number of benzene rings is 2. The molecule has 0 bridgehead atoms. The lowest BCUT2D eigenvalue weighted by Crippen LogP contribution is -2.29. The molecule has 0 radical (unpaired) electrons. The first kappa shape index (κ1) is 23.3. The van der Waals surface area contributed by atoms with Crippen LogP contribution in [0.15, 0.2) is 56.8 Å². The summed E-state index contributed by atoms with van der Waals surface area (Å²) >= 11 is 1.20. The summed E-state index contributed by atoms with van der Waals surface area (Å²) in [5.41, 5.74) is 1.61. The molecule has 1 aliphatic heterocycles. The fourth-order valence-corrected chi connectivity index (χ4v) is 4.96. The Balaban J connectivity index is 1.42. The van der Waals surface area contributed by atoms with Crippen LogP contribution < -0.4 is 20.3 Å². The van der Waals surface area contributed by atoms with E-state index < -0.39 is 0 Å². The second kappa shape index (κ2) is 10.0. The predicted molar refractivity (Wildman–Crippen MR) is 134 cm³/mol. The summed E-state index contributed by atoms with van der Waals surface area (Å²) in [7, 11) is 3.09. The van der Waals surface area contributed by atoms with Crippen LogP contribution in [-0.4, -0.2) is 48.1 Å². The average Bonchev–Trinajstić information content (AvgIpc) is 3.52. The highest BCUT2D eigenvalue weighted by atomic mass is 32.2. The second-order valence-corrected chi connectivity index (χ2v) is 9.07. The number of ether oxygens (including phenoxy) is 3. The number of para-hydroxylation sites is 1. The number of methoxy groups -OCH3 is 2. The molecule has 10 heteroatoms. The van der Waals surface area contributed by atoms with Gasteiger partial charge >= 0.3 is 0 Å². The normalized spacial score (nSPS) is 15.5. The van der Waals surface area contributed by atoms with E-state index >= 15 is 0 Å². The van der Waals surface area contributed by atoms with Crippen molar-refractivity contribution < 1.29 is 23.4 Å². The van der Waals surface area contributed by atoms with Crippen LogP contribution in [0, 0.1) is 0 Å². The van der Waals surface area contributed by atoms with Crippen LogP contribution in [0.3, 0.4) is 0 Å². The monoisotopic (exact) mass is 495 g/mol. The third-order valence-corrected chi connectivity index (χ3v) is 6.83. The van der Waals surface area contributed by atoms with Crippen molar-refractivity contribution in [3.8, 4) is 11.5 Å². The summed E-state index contributed by atoms with van der Waals surface area (Å²) in [6.07, 6.45) is 1.75. The number of fused-ring (bicyclic) bond motifs is 3. The number of furan rings is 1. The molecule has 1 atom stereocenters. The largest absolute Gasteiger partial charge is 0.493 e. The molecule has 1 unspecified atom stereocenters.